The zero-order valence-corrected chi connectivity index (χ0v) is 19.0. The molecule has 0 radical (unpaired) electrons. The molecular weight excluding hydrogens is 413 g/mol. The molecule has 4 nitrogen and oxygen atoms in total. The van der Waals surface area contributed by atoms with Crippen LogP contribution in [0, 0.1) is 11.7 Å². The van der Waals surface area contributed by atoms with Crippen LogP contribution in [0.3, 0.4) is 0 Å². The number of carbonyl (C=O) groups is 1. The first-order valence-electron chi connectivity index (χ1n) is 11.7. The number of benzene rings is 3. The Labute approximate surface area is 195 Å². The van der Waals surface area contributed by atoms with Crippen LogP contribution in [0.4, 0.5) is 10.1 Å². The lowest BCUT2D eigenvalue weighted by Gasteiger charge is -2.49. The van der Waals surface area contributed by atoms with Crippen molar-refractivity contribution < 1.29 is 9.18 Å². The number of hydrogen-bond acceptors (Lipinski definition) is 3. The van der Waals surface area contributed by atoms with Gasteiger partial charge in [0.05, 0.1) is 12.0 Å². The van der Waals surface area contributed by atoms with Gasteiger partial charge in [0.15, 0.2) is 0 Å². The van der Waals surface area contributed by atoms with Crippen molar-refractivity contribution in [1.82, 2.24) is 9.80 Å². The molecule has 0 bridgehead atoms. The Bertz CT molecular complexity index is 1100. The van der Waals surface area contributed by atoms with Crippen LogP contribution in [0.5, 0.6) is 0 Å². The summed E-state index contributed by atoms with van der Waals surface area (Å²) in [5.41, 5.74) is 4.76. The summed E-state index contributed by atoms with van der Waals surface area (Å²) < 4.78 is 13.3. The highest BCUT2D eigenvalue weighted by atomic mass is 19.1. The van der Waals surface area contributed by atoms with E-state index in [1.54, 1.807) is 0 Å². The Morgan fingerprint density at radius 1 is 0.939 bits per heavy atom. The van der Waals surface area contributed by atoms with Crippen molar-refractivity contribution in [2.75, 3.05) is 31.6 Å². The summed E-state index contributed by atoms with van der Waals surface area (Å²) in [6.07, 6.45) is 0.764. The third-order valence-electron chi connectivity index (χ3n) is 6.98. The molecule has 2 aliphatic rings. The van der Waals surface area contributed by atoms with E-state index in [1.807, 2.05) is 42.3 Å². The van der Waals surface area contributed by atoms with Gasteiger partial charge in [0.25, 0.3) is 0 Å². The zero-order valence-electron chi connectivity index (χ0n) is 19.0. The minimum Gasteiger partial charge on any atom is -0.365 e. The van der Waals surface area contributed by atoms with Crippen molar-refractivity contribution >= 4 is 11.6 Å². The summed E-state index contributed by atoms with van der Waals surface area (Å²) in [5, 5.41) is 0. The molecule has 170 valence electrons. The lowest BCUT2D eigenvalue weighted by molar-refractivity contribution is -0.136. The molecule has 33 heavy (non-hydrogen) atoms. The van der Waals surface area contributed by atoms with Crippen LogP contribution in [0.2, 0.25) is 0 Å². The second kappa shape index (κ2) is 9.36. The number of amides is 1. The molecule has 2 atom stereocenters. The normalized spacial score (nSPS) is 20.1. The summed E-state index contributed by atoms with van der Waals surface area (Å²) >= 11 is 0. The summed E-state index contributed by atoms with van der Waals surface area (Å²) in [6, 6.07) is 25.5. The van der Waals surface area contributed by atoms with E-state index in [0.717, 1.165) is 43.7 Å². The summed E-state index contributed by atoms with van der Waals surface area (Å²) in [6.45, 7) is 4.01. The van der Waals surface area contributed by atoms with Crippen LogP contribution >= 0.6 is 0 Å². The number of carbonyl (C=O) groups excluding carboxylic acids is 1. The number of hydrogen-bond donors (Lipinski definition) is 0. The number of rotatable bonds is 5. The second-order valence-corrected chi connectivity index (χ2v) is 9.24. The van der Waals surface area contributed by atoms with Crippen molar-refractivity contribution in [3.8, 4) is 0 Å². The summed E-state index contributed by atoms with van der Waals surface area (Å²) in [7, 11) is 1.92. The van der Waals surface area contributed by atoms with Gasteiger partial charge in [-0.25, -0.2) is 4.39 Å². The van der Waals surface area contributed by atoms with Gasteiger partial charge < -0.3 is 9.80 Å². The van der Waals surface area contributed by atoms with E-state index >= 15 is 0 Å². The molecule has 1 saturated heterocycles. The van der Waals surface area contributed by atoms with Crippen molar-refractivity contribution in [3.63, 3.8) is 0 Å². The molecule has 1 amide bonds. The highest BCUT2D eigenvalue weighted by molar-refractivity contribution is 5.82. The van der Waals surface area contributed by atoms with E-state index < -0.39 is 0 Å². The lowest BCUT2D eigenvalue weighted by Crippen LogP contribution is -2.60. The number of para-hydroxylation sites is 1. The Morgan fingerprint density at radius 2 is 1.67 bits per heavy atom. The number of piperazine rings is 1. The van der Waals surface area contributed by atoms with Gasteiger partial charge in [0.1, 0.15) is 5.82 Å². The van der Waals surface area contributed by atoms with Crippen molar-refractivity contribution in [3.05, 3.63) is 101 Å². The first-order valence-corrected chi connectivity index (χ1v) is 11.7. The first-order chi connectivity index (χ1) is 16.1. The fraction of sp³-hybridized carbons (Fsp3) is 0.321. The molecular formula is C28H30FN3O. The minimum absolute atomic E-state index is 0.0929. The molecule has 0 spiro atoms. The van der Waals surface area contributed by atoms with Crippen LogP contribution in [-0.2, 0) is 24.3 Å². The first kappa shape index (κ1) is 21.7. The maximum absolute atomic E-state index is 13.7. The molecule has 3 aromatic carbocycles. The van der Waals surface area contributed by atoms with Gasteiger partial charge in [-0.05, 0) is 41.3 Å². The van der Waals surface area contributed by atoms with Gasteiger partial charge >= 0.3 is 0 Å². The fourth-order valence-electron chi connectivity index (χ4n) is 5.31. The molecule has 1 fully saturated rings. The molecule has 0 aliphatic carbocycles. The third kappa shape index (κ3) is 4.64. The van der Waals surface area contributed by atoms with Crippen LogP contribution in [0.15, 0.2) is 78.9 Å². The number of nitrogens with zero attached hydrogens (tertiary/aromatic N) is 3. The topological polar surface area (TPSA) is 26.8 Å². The Morgan fingerprint density at radius 3 is 2.45 bits per heavy atom. The highest BCUT2D eigenvalue weighted by Gasteiger charge is 2.42. The van der Waals surface area contributed by atoms with Crippen LogP contribution in [-0.4, -0.2) is 48.4 Å². The molecule has 0 N–H and O–H groups in total. The van der Waals surface area contributed by atoms with Gasteiger partial charge in [0, 0.05) is 45.5 Å². The molecule has 0 aromatic heterocycles. The smallest absolute Gasteiger partial charge is 0.228 e. The van der Waals surface area contributed by atoms with E-state index in [1.165, 1.54) is 23.4 Å². The average Bonchev–Trinajstić information content (AvgIpc) is 2.85. The van der Waals surface area contributed by atoms with Crippen molar-refractivity contribution in [2.24, 2.45) is 5.92 Å². The number of anilines is 1. The van der Waals surface area contributed by atoms with E-state index in [4.69, 9.17) is 0 Å². The molecule has 2 unspecified atom stereocenters. The summed E-state index contributed by atoms with van der Waals surface area (Å²) in [4.78, 5) is 20.4. The maximum atomic E-state index is 13.7. The number of halogens is 1. The van der Waals surface area contributed by atoms with E-state index in [0.29, 0.717) is 6.54 Å². The average molecular weight is 444 g/mol. The monoisotopic (exact) mass is 443 g/mol. The largest absolute Gasteiger partial charge is 0.365 e. The molecule has 0 saturated carbocycles. The Balaban J connectivity index is 1.37. The van der Waals surface area contributed by atoms with Gasteiger partial charge in [-0.1, -0.05) is 60.7 Å². The molecule has 2 aliphatic heterocycles. The maximum Gasteiger partial charge on any atom is 0.228 e. The fourth-order valence-corrected chi connectivity index (χ4v) is 5.31. The molecule has 3 aromatic rings. The molecule has 5 rings (SSSR count). The Kier molecular flexibility index (Phi) is 6.14. The van der Waals surface area contributed by atoms with Crippen LogP contribution in [0.25, 0.3) is 0 Å². The van der Waals surface area contributed by atoms with E-state index in [9.17, 15) is 9.18 Å². The SMILES string of the molecule is CN(Cc1ccccc1)C(=O)C1Cc2ccccc2N2CCN(Cc3ccc(F)cc3)CC12. The second-order valence-electron chi connectivity index (χ2n) is 9.24. The standard InChI is InChI=1S/C28H30FN3O/c1-30(18-21-7-3-2-4-8-21)28(33)25-17-23-9-5-6-10-26(23)32-16-15-31(20-27(25)32)19-22-11-13-24(29)14-12-22/h2-14,25,27H,15-20H2,1H3. The predicted octanol–water partition coefficient (Wildman–Crippen LogP) is 4.35. The van der Waals surface area contributed by atoms with Crippen LogP contribution in [0.1, 0.15) is 16.7 Å². The van der Waals surface area contributed by atoms with Gasteiger partial charge in [0.2, 0.25) is 5.91 Å². The quantitative estimate of drug-likeness (QED) is 0.587. The highest BCUT2D eigenvalue weighted by Crippen LogP contribution is 2.37. The lowest BCUT2D eigenvalue weighted by atomic mass is 9.83. The van der Waals surface area contributed by atoms with Crippen LogP contribution < -0.4 is 4.90 Å². The molecule has 2 heterocycles. The third-order valence-corrected chi connectivity index (χ3v) is 6.98. The van der Waals surface area contributed by atoms with Gasteiger partial charge in [-0.3, -0.25) is 9.69 Å². The minimum atomic E-state index is -0.209. The Hall–Kier alpha value is -3.18. The van der Waals surface area contributed by atoms with E-state index in [2.05, 4.69) is 46.2 Å². The van der Waals surface area contributed by atoms with E-state index in [-0.39, 0.29) is 23.7 Å². The van der Waals surface area contributed by atoms with Gasteiger partial charge in [-0.15, -0.1) is 0 Å². The molecule has 5 heteroatoms. The predicted molar refractivity (Wildman–Crippen MR) is 129 cm³/mol. The van der Waals surface area contributed by atoms with Crippen molar-refractivity contribution in [2.45, 2.75) is 25.6 Å². The summed E-state index contributed by atoms with van der Waals surface area (Å²) in [5.74, 6) is -0.101. The zero-order chi connectivity index (χ0) is 22.8. The van der Waals surface area contributed by atoms with Crippen molar-refractivity contribution in [1.29, 1.82) is 0 Å². The van der Waals surface area contributed by atoms with Gasteiger partial charge in [-0.2, -0.15) is 0 Å². The number of fused-ring (bicyclic) bond motifs is 3.